The van der Waals surface area contributed by atoms with Gasteiger partial charge in [0.2, 0.25) is 0 Å². The van der Waals surface area contributed by atoms with E-state index >= 15 is 0 Å². The summed E-state index contributed by atoms with van der Waals surface area (Å²) in [5.41, 5.74) is 7.57. The maximum absolute atomic E-state index is 7.00. The van der Waals surface area contributed by atoms with E-state index in [0.717, 1.165) is 0 Å². The zero-order chi connectivity index (χ0) is 5.11. The molecule has 1 nitrogen and oxygen atoms in total. The molecule has 0 unspecified atom stereocenters. The molecule has 0 aromatic heterocycles. The van der Waals surface area contributed by atoms with Gasteiger partial charge in [-0.1, -0.05) is 30.3 Å². The van der Waals surface area contributed by atoms with Crippen LogP contribution in [0.15, 0.2) is 30.3 Å². The van der Waals surface area contributed by atoms with Crippen LogP contribution in [0.2, 0.25) is 0 Å². The van der Waals surface area contributed by atoms with Crippen LogP contribution in [0.3, 0.4) is 0 Å². The largest absolute Gasteiger partial charge is 1.00 e. The zero-order valence-corrected chi connectivity index (χ0v) is 8.01. The Morgan fingerprint density at radius 3 is 1.75 bits per heavy atom. The van der Waals surface area contributed by atoms with E-state index in [4.69, 9.17) is 5.73 Å². The van der Waals surface area contributed by atoms with Gasteiger partial charge in [-0.15, -0.1) is 5.69 Å². The monoisotopic (exact) mass is 131 g/mol. The molecular weight excluding hydrogens is 125 g/mol. The van der Waals surface area contributed by atoms with Crippen LogP contribution in [0.25, 0.3) is 5.73 Å². The van der Waals surface area contributed by atoms with Crippen molar-refractivity contribution in [2.24, 2.45) is 0 Å². The molecule has 0 saturated heterocycles. The van der Waals surface area contributed by atoms with Gasteiger partial charge in [-0.25, -0.2) is 0 Å². The van der Waals surface area contributed by atoms with E-state index in [9.17, 15) is 0 Å². The Balaban J connectivity index is 0.000000490. The van der Waals surface area contributed by atoms with Crippen molar-refractivity contribution >= 4 is 5.69 Å². The van der Waals surface area contributed by atoms with E-state index in [-0.39, 0.29) is 51.4 Å². The van der Waals surface area contributed by atoms with Gasteiger partial charge in [0, 0.05) is 0 Å². The van der Waals surface area contributed by atoms with Crippen LogP contribution in [-0.4, -0.2) is 0 Å². The minimum absolute atomic E-state index is 0. The van der Waals surface area contributed by atoms with Gasteiger partial charge in [0.1, 0.15) is 0 Å². The smallest absolute Gasteiger partial charge is 0.699 e. The number of hydrogen-bond donors (Lipinski definition) is 0. The Bertz CT molecular complexity index is 138. The summed E-state index contributed by atoms with van der Waals surface area (Å²) in [6, 6.07) is 9.10. The van der Waals surface area contributed by atoms with Crippen molar-refractivity contribution in [1.82, 2.24) is 0 Å². The fourth-order valence-electron chi connectivity index (χ4n) is 0.438. The Morgan fingerprint density at radius 2 is 1.50 bits per heavy atom. The third-order valence-electron chi connectivity index (χ3n) is 0.774. The maximum Gasteiger partial charge on any atom is 1.00 e. The summed E-state index contributed by atoms with van der Waals surface area (Å²) in [5, 5.41) is 0. The molecule has 1 rings (SSSR count). The molecule has 1 aromatic carbocycles. The second kappa shape index (κ2) is 4.53. The van der Waals surface area contributed by atoms with Crippen molar-refractivity contribution < 1.29 is 51.4 Å². The molecule has 0 fully saturated rings. The third kappa shape index (κ3) is 2.84. The molecule has 0 aliphatic rings. The van der Waals surface area contributed by atoms with Crippen LogP contribution in [0.1, 0.15) is 0 Å². The Morgan fingerprint density at radius 1 is 1.00 bits per heavy atom. The average molecular weight is 131 g/mol. The van der Waals surface area contributed by atoms with E-state index in [1.165, 1.54) is 0 Å². The van der Waals surface area contributed by atoms with Crippen LogP contribution in [-0.2, 0) is 0 Å². The standard InChI is InChI=1S/C6H6N.K/c7-6-4-2-1-3-5-6;/h1-5,7H;/q-1;+1. The van der Waals surface area contributed by atoms with Crippen molar-refractivity contribution in [3.05, 3.63) is 36.1 Å². The first-order valence-corrected chi connectivity index (χ1v) is 2.16. The second-order valence-electron chi connectivity index (χ2n) is 1.37. The van der Waals surface area contributed by atoms with E-state index in [1.54, 1.807) is 12.1 Å². The van der Waals surface area contributed by atoms with Gasteiger partial charge in [0.05, 0.1) is 0 Å². The third-order valence-corrected chi connectivity index (χ3v) is 0.774. The Hall–Kier alpha value is 0.656. The second-order valence-corrected chi connectivity index (χ2v) is 1.37. The van der Waals surface area contributed by atoms with Crippen LogP contribution >= 0.6 is 0 Å². The molecule has 1 aromatic rings. The average Bonchev–Trinajstić information content (AvgIpc) is 1.69. The number of benzene rings is 1. The summed E-state index contributed by atoms with van der Waals surface area (Å²) in [6.07, 6.45) is 0. The molecule has 0 aliphatic carbocycles. The quantitative estimate of drug-likeness (QED) is 0.419. The SMILES string of the molecule is [K+].[NH-]c1ccccc1. The summed E-state index contributed by atoms with van der Waals surface area (Å²) in [5.74, 6) is 0. The van der Waals surface area contributed by atoms with Crippen molar-refractivity contribution in [3.63, 3.8) is 0 Å². The summed E-state index contributed by atoms with van der Waals surface area (Å²) < 4.78 is 0. The van der Waals surface area contributed by atoms with Gasteiger partial charge in [0.15, 0.2) is 0 Å². The molecule has 8 heavy (non-hydrogen) atoms. The molecule has 0 amide bonds. The van der Waals surface area contributed by atoms with Crippen LogP contribution in [0.5, 0.6) is 0 Å². The molecule has 1 N–H and O–H groups in total. The summed E-state index contributed by atoms with van der Waals surface area (Å²) >= 11 is 0. The molecule has 0 radical (unpaired) electrons. The first kappa shape index (κ1) is 8.66. The fraction of sp³-hybridized carbons (Fsp3) is 0. The van der Waals surface area contributed by atoms with Gasteiger partial charge in [0.25, 0.3) is 0 Å². The molecular formula is C6H6KN. The summed E-state index contributed by atoms with van der Waals surface area (Å²) in [4.78, 5) is 0. The molecule has 2 heteroatoms. The fourth-order valence-corrected chi connectivity index (χ4v) is 0.438. The van der Waals surface area contributed by atoms with Gasteiger partial charge in [-0.2, -0.15) is 0 Å². The van der Waals surface area contributed by atoms with Gasteiger partial charge in [-0.3, -0.25) is 0 Å². The van der Waals surface area contributed by atoms with Crippen LogP contribution in [0.4, 0.5) is 5.69 Å². The van der Waals surface area contributed by atoms with Crippen molar-refractivity contribution in [1.29, 1.82) is 0 Å². The van der Waals surface area contributed by atoms with E-state index in [0.29, 0.717) is 5.69 Å². The maximum atomic E-state index is 7.00. The predicted octanol–water partition coefficient (Wildman–Crippen LogP) is -0.626. The molecule has 0 bridgehead atoms. The van der Waals surface area contributed by atoms with Gasteiger partial charge < -0.3 is 5.73 Å². The molecule has 36 valence electrons. The van der Waals surface area contributed by atoms with E-state index in [1.807, 2.05) is 18.2 Å². The normalized spacial score (nSPS) is 7.50. The van der Waals surface area contributed by atoms with E-state index < -0.39 is 0 Å². The van der Waals surface area contributed by atoms with Crippen molar-refractivity contribution in [3.8, 4) is 0 Å². The summed E-state index contributed by atoms with van der Waals surface area (Å²) in [6.45, 7) is 0. The molecule has 0 saturated carbocycles. The van der Waals surface area contributed by atoms with Crippen LogP contribution in [0, 0.1) is 0 Å². The Labute approximate surface area is 91.7 Å². The minimum atomic E-state index is 0. The minimum Gasteiger partial charge on any atom is -0.699 e. The van der Waals surface area contributed by atoms with Crippen molar-refractivity contribution in [2.45, 2.75) is 0 Å². The molecule has 0 atom stereocenters. The van der Waals surface area contributed by atoms with E-state index in [2.05, 4.69) is 0 Å². The number of hydrogen-bond acceptors (Lipinski definition) is 0. The molecule has 0 spiro atoms. The van der Waals surface area contributed by atoms with Gasteiger partial charge >= 0.3 is 51.4 Å². The topological polar surface area (TPSA) is 23.8 Å². The summed E-state index contributed by atoms with van der Waals surface area (Å²) in [7, 11) is 0. The molecule has 0 heterocycles. The predicted molar refractivity (Wildman–Crippen MR) is 30.4 cm³/mol. The number of nitrogens with one attached hydrogen (secondary N) is 1. The molecule has 0 aliphatic heterocycles. The van der Waals surface area contributed by atoms with Crippen molar-refractivity contribution in [2.75, 3.05) is 0 Å². The van der Waals surface area contributed by atoms with Crippen LogP contribution < -0.4 is 51.4 Å². The number of rotatable bonds is 0. The van der Waals surface area contributed by atoms with Gasteiger partial charge in [-0.05, 0) is 0 Å². The first-order valence-electron chi connectivity index (χ1n) is 2.16. The first-order chi connectivity index (χ1) is 3.39. The zero-order valence-electron chi connectivity index (χ0n) is 4.89. The Kier molecular flexibility index (Phi) is 4.90.